The zero-order valence-corrected chi connectivity index (χ0v) is 9.10. The molecule has 1 aromatic rings. The Morgan fingerprint density at radius 1 is 1.67 bits per heavy atom. The molecule has 1 saturated heterocycles. The molecule has 1 unspecified atom stereocenters. The van der Waals surface area contributed by atoms with Crippen LogP contribution in [0.25, 0.3) is 0 Å². The zero-order valence-electron chi connectivity index (χ0n) is 9.10. The van der Waals surface area contributed by atoms with Crippen LogP contribution < -0.4 is 5.73 Å². The number of rotatable bonds is 2. The van der Waals surface area contributed by atoms with E-state index in [-0.39, 0.29) is 11.8 Å². The second-order valence-corrected chi connectivity index (χ2v) is 4.11. The Morgan fingerprint density at radius 3 is 2.87 bits per heavy atom. The molecular weight excluding hydrogens is 192 g/mol. The Bertz CT molecular complexity index is 385. The van der Waals surface area contributed by atoms with Gasteiger partial charge in [0.15, 0.2) is 0 Å². The molecule has 0 radical (unpaired) electrons. The summed E-state index contributed by atoms with van der Waals surface area (Å²) in [5, 5.41) is 4.16. The number of amides is 1. The Kier molecular flexibility index (Phi) is 2.38. The molecule has 1 amide bonds. The van der Waals surface area contributed by atoms with Gasteiger partial charge < -0.3 is 10.6 Å². The van der Waals surface area contributed by atoms with E-state index < -0.39 is 0 Å². The van der Waals surface area contributed by atoms with Gasteiger partial charge in [0, 0.05) is 13.6 Å². The highest BCUT2D eigenvalue weighted by Gasteiger charge is 2.29. The Balaban J connectivity index is 2.10. The lowest BCUT2D eigenvalue weighted by atomic mass is 10.1. The molecule has 0 aromatic carbocycles. The summed E-state index contributed by atoms with van der Waals surface area (Å²) >= 11 is 0. The van der Waals surface area contributed by atoms with Crippen molar-refractivity contribution in [2.75, 3.05) is 19.3 Å². The van der Waals surface area contributed by atoms with Crippen molar-refractivity contribution in [2.24, 2.45) is 5.92 Å². The first-order chi connectivity index (χ1) is 7.09. The van der Waals surface area contributed by atoms with Crippen molar-refractivity contribution in [3.05, 3.63) is 11.9 Å². The molecule has 15 heavy (non-hydrogen) atoms. The van der Waals surface area contributed by atoms with Crippen LogP contribution in [-0.2, 0) is 11.3 Å². The lowest BCUT2D eigenvalue weighted by Gasteiger charge is -2.11. The Labute approximate surface area is 88.8 Å². The van der Waals surface area contributed by atoms with Gasteiger partial charge in [-0.2, -0.15) is 5.10 Å². The van der Waals surface area contributed by atoms with Crippen molar-refractivity contribution in [2.45, 2.75) is 19.9 Å². The van der Waals surface area contributed by atoms with E-state index in [1.165, 1.54) is 0 Å². The molecule has 0 saturated carbocycles. The van der Waals surface area contributed by atoms with Gasteiger partial charge in [-0.05, 0) is 13.3 Å². The standard InChI is InChI=1S/C10H16N4O/c1-7-9(11)5-12-14(7)6-8-3-4-13(2)10(8)15/h5,8H,3-4,6,11H2,1-2H3. The van der Waals surface area contributed by atoms with Crippen molar-refractivity contribution < 1.29 is 4.79 Å². The van der Waals surface area contributed by atoms with Gasteiger partial charge in [0.05, 0.1) is 30.0 Å². The third-order valence-electron chi connectivity index (χ3n) is 3.07. The van der Waals surface area contributed by atoms with Crippen molar-refractivity contribution >= 4 is 11.6 Å². The largest absolute Gasteiger partial charge is 0.396 e. The van der Waals surface area contributed by atoms with Crippen LogP contribution in [0.2, 0.25) is 0 Å². The first-order valence-corrected chi connectivity index (χ1v) is 5.12. The lowest BCUT2D eigenvalue weighted by Crippen LogP contribution is -2.25. The third-order valence-corrected chi connectivity index (χ3v) is 3.07. The topological polar surface area (TPSA) is 64.2 Å². The normalized spacial score (nSPS) is 21.3. The van der Waals surface area contributed by atoms with Crippen LogP contribution in [0.15, 0.2) is 6.20 Å². The van der Waals surface area contributed by atoms with Gasteiger partial charge in [-0.25, -0.2) is 0 Å². The monoisotopic (exact) mass is 208 g/mol. The highest BCUT2D eigenvalue weighted by Crippen LogP contribution is 2.19. The van der Waals surface area contributed by atoms with Crippen LogP contribution in [0, 0.1) is 12.8 Å². The van der Waals surface area contributed by atoms with E-state index in [9.17, 15) is 4.79 Å². The predicted octanol–water partition coefficient (Wildman–Crippen LogP) is 0.252. The van der Waals surface area contributed by atoms with Gasteiger partial charge >= 0.3 is 0 Å². The minimum Gasteiger partial charge on any atom is -0.396 e. The predicted molar refractivity (Wildman–Crippen MR) is 57.1 cm³/mol. The van der Waals surface area contributed by atoms with E-state index in [4.69, 9.17) is 5.73 Å². The molecular formula is C10H16N4O. The van der Waals surface area contributed by atoms with Crippen LogP contribution in [0.1, 0.15) is 12.1 Å². The highest BCUT2D eigenvalue weighted by atomic mass is 16.2. The summed E-state index contributed by atoms with van der Waals surface area (Å²) in [6.07, 6.45) is 2.55. The maximum Gasteiger partial charge on any atom is 0.227 e. The number of likely N-dealkylation sites (tertiary alicyclic amines) is 1. The van der Waals surface area contributed by atoms with Crippen LogP contribution in [-0.4, -0.2) is 34.2 Å². The molecule has 1 aliphatic heterocycles. The molecule has 1 atom stereocenters. The molecule has 5 nitrogen and oxygen atoms in total. The lowest BCUT2D eigenvalue weighted by molar-refractivity contribution is -0.130. The van der Waals surface area contributed by atoms with Crippen molar-refractivity contribution in [1.82, 2.24) is 14.7 Å². The molecule has 2 rings (SSSR count). The van der Waals surface area contributed by atoms with Crippen molar-refractivity contribution in [1.29, 1.82) is 0 Å². The number of aromatic nitrogens is 2. The first-order valence-electron chi connectivity index (χ1n) is 5.12. The minimum absolute atomic E-state index is 0.0630. The smallest absolute Gasteiger partial charge is 0.227 e. The number of nitrogens with zero attached hydrogens (tertiary/aromatic N) is 3. The molecule has 1 fully saturated rings. The zero-order chi connectivity index (χ0) is 11.0. The second-order valence-electron chi connectivity index (χ2n) is 4.11. The number of anilines is 1. The molecule has 0 spiro atoms. The highest BCUT2D eigenvalue weighted by molar-refractivity contribution is 5.80. The van der Waals surface area contributed by atoms with Crippen molar-refractivity contribution in [3.8, 4) is 0 Å². The van der Waals surface area contributed by atoms with Crippen LogP contribution in [0.3, 0.4) is 0 Å². The van der Waals surface area contributed by atoms with Gasteiger partial charge in [0.2, 0.25) is 5.91 Å². The number of hydrogen-bond acceptors (Lipinski definition) is 3. The van der Waals surface area contributed by atoms with Crippen LogP contribution in [0.4, 0.5) is 5.69 Å². The van der Waals surface area contributed by atoms with E-state index in [0.717, 1.165) is 18.7 Å². The summed E-state index contributed by atoms with van der Waals surface area (Å²) in [4.78, 5) is 13.5. The summed E-state index contributed by atoms with van der Waals surface area (Å²) < 4.78 is 1.82. The molecule has 1 aliphatic rings. The van der Waals surface area contributed by atoms with E-state index in [2.05, 4.69) is 5.10 Å². The van der Waals surface area contributed by atoms with E-state index in [0.29, 0.717) is 12.2 Å². The summed E-state index contributed by atoms with van der Waals surface area (Å²) in [6, 6.07) is 0. The van der Waals surface area contributed by atoms with Gasteiger partial charge in [-0.1, -0.05) is 0 Å². The van der Waals surface area contributed by atoms with E-state index in [1.54, 1.807) is 11.1 Å². The summed E-state index contributed by atoms with van der Waals surface area (Å²) in [6.45, 7) is 3.41. The molecule has 1 aromatic heterocycles. The van der Waals surface area contributed by atoms with Crippen LogP contribution in [0.5, 0.6) is 0 Å². The summed E-state index contributed by atoms with van der Waals surface area (Å²) in [5.74, 6) is 0.275. The number of nitrogen functional groups attached to an aromatic ring is 1. The van der Waals surface area contributed by atoms with Gasteiger partial charge in [-0.15, -0.1) is 0 Å². The third kappa shape index (κ3) is 1.69. The second kappa shape index (κ2) is 3.56. The fraction of sp³-hybridized carbons (Fsp3) is 0.600. The van der Waals surface area contributed by atoms with E-state index in [1.807, 2.05) is 18.7 Å². The number of hydrogen-bond donors (Lipinski definition) is 1. The fourth-order valence-electron chi connectivity index (χ4n) is 1.92. The van der Waals surface area contributed by atoms with Crippen molar-refractivity contribution in [3.63, 3.8) is 0 Å². The van der Waals surface area contributed by atoms with E-state index >= 15 is 0 Å². The molecule has 82 valence electrons. The minimum atomic E-state index is 0.0630. The molecule has 2 N–H and O–H groups in total. The average molecular weight is 208 g/mol. The van der Waals surface area contributed by atoms with Crippen LogP contribution >= 0.6 is 0 Å². The van der Waals surface area contributed by atoms with Gasteiger partial charge in [-0.3, -0.25) is 9.48 Å². The number of nitrogens with two attached hydrogens (primary N) is 1. The molecule has 5 heteroatoms. The quantitative estimate of drug-likeness (QED) is 0.757. The summed E-state index contributed by atoms with van der Waals surface area (Å²) in [7, 11) is 1.84. The first kappa shape index (κ1) is 10.0. The molecule has 2 heterocycles. The molecule has 0 aliphatic carbocycles. The maximum atomic E-state index is 11.7. The maximum absolute atomic E-state index is 11.7. The number of carbonyl (C=O) groups excluding carboxylic acids is 1. The average Bonchev–Trinajstić information content (AvgIpc) is 2.68. The van der Waals surface area contributed by atoms with Gasteiger partial charge in [0.1, 0.15) is 0 Å². The Morgan fingerprint density at radius 2 is 2.40 bits per heavy atom. The fourth-order valence-corrected chi connectivity index (χ4v) is 1.92. The van der Waals surface area contributed by atoms with Gasteiger partial charge in [0.25, 0.3) is 0 Å². The Hall–Kier alpha value is -1.52. The molecule has 0 bridgehead atoms. The SMILES string of the molecule is Cc1c(N)cnn1CC1CCN(C)C1=O. The number of carbonyl (C=O) groups is 1. The summed E-state index contributed by atoms with van der Waals surface area (Å²) in [5.41, 5.74) is 7.33.